The SMILES string of the molecule is Cc1ccc(Cl)c(Oc2ccc(C(O)CN)cc2)c1. The molecule has 0 aliphatic heterocycles. The molecule has 0 saturated heterocycles. The van der Waals surface area contributed by atoms with Crippen LogP contribution in [0.4, 0.5) is 0 Å². The second-order valence-corrected chi connectivity index (χ2v) is 4.76. The molecule has 3 N–H and O–H groups in total. The van der Waals surface area contributed by atoms with Gasteiger partial charge in [0.1, 0.15) is 11.5 Å². The standard InChI is InChI=1S/C15H16ClNO2/c1-10-2-7-13(16)15(8-10)19-12-5-3-11(4-6-12)14(18)9-17/h2-8,14,18H,9,17H2,1H3. The quantitative estimate of drug-likeness (QED) is 0.900. The molecular weight excluding hydrogens is 262 g/mol. The maximum atomic E-state index is 9.60. The summed E-state index contributed by atoms with van der Waals surface area (Å²) in [6, 6.07) is 12.8. The van der Waals surface area contributed by atoms with E-state index in [1.165, 1.54) is 0 Å². The highest BCUT2D eigenvalue weighted by Crippen LogP contribution is 2.30. The Kier molecular flexibility index (Phi) is 4.43. The van der Waals surface area contributed by atoms with Crippen LogP contribution in [0.15, 0.2) is 42.5 Å². The molecule has 0 heterocycles. The van der Waals surface area contributed by atoms with Crippen molar-refractivity contribution in [2.45, 2.75) is 13.0 Å². The molecule has 2 aromatic carbocycles. The van der Waals surface area contributed by atoms with E-state index in [0.717, 1.165) is 11.1 Å². The van der Waals surface area contributed by atoms with Gasteiger partial charge in [0.2, 0.25) is 0 Å². The number of rotatable bonds is 4. The van der Waals surface area contributed by atoms with Gasteiger partial charge in [0.05, 0.1) is 11.1 Å². The Bertz CT molecular complexity index is 555. The third kappa shape index (κ3) is 3.47. The molecule has 2 aromatic rings. The number of aliphatic hydroxyl groups is 1. The summed E-state index contributed by atoms with van der Waals surface area (Å²) in [7, 11) is 0. The van der Waals surface area contributed by atoms with E-state index < -0.39 is 6.10 Å². The molecule has 0 radical (unpaired) electrons. The number of hydrogen-bond acceptors (Lipinski definition) is 3. The zero-order chi connectivity index (χ0) is 13.8. The first-order chi connectivity index (χ1) is 9.10. The average molecular weight is 278 g/mol. The number of aryl methyl sites for hydroxylation is 1. The van der Waals surface area contributed by atoms with Crippen molar-refractivity contribution in [2.24, 2.45) is 5.73 Å². The van der Waals surface area contributed by atoms with Gasteiger partial charge in [-0.3, -0.25) is 0 Å². The number of ether oxygens (including phenoxy) is 1. The van der Waals surface area contributed by atoms with E-state index in [2.05, 4.69) is 0 Å². The van der Waals surface area contributed by atoms with Crippen molar-refractivity contribution in [1.82, 2.24) is 0 Å². The fourth-order valence-corrected chi connectivity index (χ4v) is 1.87. The van der Waals surface area contributed by atoms with Crippen LogP contribution in [0, 0.1) is 6.92 Å². The van der Waals surface area contributed by atoms with Crippen molar-refractivity contribution in [3.8, 4) is 11.5 Å². The van der Waals surface area contributed by atoms with Crippen LogP contribution >= 0.6 is 11.6 Å². The molecular formula is C15H16ClNO2. The predicted molar refractivity (Wildman–Crippen MR) is 76.7 cm³/mol. The molecule has 0 aromatic heterocycles. The van der Waals surface area contributed by atoms with Gasteiger partial charge >= 0.3 is 0 Å². The average Bonchev–Trinajstić information content (AvgIpc) is 2.43. The van der Waals surface area contributed by atoms with Crippen molar-refractivity contribution in [2.75, 3.05) is 6.54 Å². The molecule has 2 rings (SSSR count). The highest BCUT2D eigenvalue weighted by molar-refractivity contribution is 6.32. The molecule has 100 valence electrons. The predicted octanol–water partition coefficient (Wildman–Crippen LogP) is 3.43. The van der Waals surface area contributed by atoms with Gasteiger partial charge in [-0.05, 0) is 42.3 Å². The van der Waals surface area contributed by atoms with Crippen LogP contribution in [0.3, 0.4) is 0 Å². The van der Waals surface area contributed by atoms with E-state index in [4.69, 9.17) is 22.1 Å². The maximum absolute atomic E-state index is 9.60. The largest absolute Gasteiger partial charge is 0.456 e. The Hall–Kier alpha value is -1.55. The van der Waals surface area contributed by atoms with E-state index in [1.54, 1.807) is 30.3 Å². The zero-order valence-electron chi connectivity index (χ0n) is 10.6. The van der Waals surface area contributed by atoms with Crippen molar-refractivity contribution in [3.05, 3.63) is 58.6 Å². The van der Waals surface area contributed by atoms with Crippen LogP contribution in [0.1, 0.15) is 17.2 Å². The summed E-state index contributed by atoms with van der Waals surface area (Å²) >= 11 is 6.07. The Labute approximate surface area is 117 Å². The number of halogens is 1. The molecule has 19 heavy (non-hydrogen) atoms. The molecule has 0 aliphatic rings. The lowest BCUT2D eigenvalue weighted by atomic mass is 10.1. The van der Waals surface area contributed by atoms with Gasteiger partial charge in [-0.1, -0.05) is 29.8 Å². The van der Waals surface area contributed by atoms with Crippen LogP contribution < -0.4 is 10.5 Å². The highest BCUT2D eigenvalue weighted by atomic mass is 35.5. The van der Waals surface area contributed by atoms with Gasteiger partial charge in [0, 0.05) is 6.54 Å². The molecule has 0 aliphatic carbocycles. The Morgan fingerprint density at radius 3 is 2.53 bits per heavy atom. The summed E-state index contributed by atoms with van der Waals surface area (Å²) in [6.07, 6.45) is -0.642. The van der Waals surface area contributed by atoms with Gasteiger partial charge in [0.15, 0.2) is 0 Å². The summed E-state index contributed by atoms with van der Waals surface area (Å²) in [5, 5.41) is 10.2. The summed E-state index contributed by atoms with van der Waals surface area (Å²) in [5.74, 6) is 1.29. The van der Waals surface area contributed by atoms with E-state index in [9.17, 15) is 5.11 Å². The lowest BCUT2D eigenvalue weighted by Crippen LogP contribution is -2.11. The monoisotopic (exact) mass is 277 g/mol. The van der Waals surface area contributed by atoms with Crippen molar-refractivity contribution >= 4 is 11.6 Å². The number of aliphatic hydroxyl groups excluding tert-OH is 1. The van der Waals surface area contributed by atoms with Crippen molar-refractivity contribution in [3.63, 3.8) is 0 Å². The third-order valence-corrected chi connectivity index (χ3v) is 3.11. The van der Waals surface area contributed by atoms with Gasteiger partial charge in [-0.2, -0.15) is 0 Å². The molecule has 0 bridgehead atoms. The topological polar surface area (TPSA) is 55.5 Å². The summed E-state index contributed by atoms with van der Waals surface area (Å²) < 4.78 is 5.71. The zero-order valence-corrected chi connectivity index (χ0v) is 11.4. The Morgan fingerprint density at radius 2 is 1.89 bits per heavy atom. The molecule has 1 atom stereocenters. The molecule has 0 spiro atoms. The normalized spacial score (nSPS) is 12.2. The lowest BCUT2D eigenvalue weighted by Gasteiger charge is -2.11. The van der Waals surface area contributed by atoms with Crippen LogP contribution in [-0.2, 0) is 0 Å². The van der Waals surface area contributed by atoms with E-state index in [1.807, 2.05) is 19.1 Å². The second kappa shape index (κ2) is 6.06. The van der Waals surface area contributed by atoms with Crippen LogP contribution in [-0.4, -0.2) is 11.7 Å². The van der Waals surface area contributed by atoms with Crippen molar-refractivity contribution < 1.29 is 9.84 Å². The van der Waals surface area contributed by atoms with Gasteiger partial charge < -0.3 is 15.6 Å². The van der Waals surface area contributed by atoms with E-state index in [-0.39, 0.29) is 6.54 Å². The first-order valence-electron chi connectivity index (χ1n) is 6.02. The summed E-state index contributed by atoms with van der Waals surface area (Å²) in [4.78, 5) is 0. The Balaban J connectivity index is 2.17. The minimum Gasteiger partial charge on any atom is -0.456 e. The first kappa shape index (κ1) is 13.9. The molecule has 0 amide bonds. The minimum atomic E-state index is -0.642. The number of hydrogen-bond donors (Lipinski definition) is 2. The number of nitrogens with two attached hydrogens (primary N) is 1. The lowest BCUT2D eigenvalue weighted by molar-refractivity contribution is 0.186. The van der Waals surface area contributed by atoms with Crippen LogP contribution in [0.25, 0.3) is 0 Å². The smallest absolute Gasteiger partial charge is 0.146 e. The fraction of sp³-hybridized carbons (Fsp3) is 0.200. The first-order valence-corrected chi connectivity index (χ1v) is 6.40. The summed E-state index contributed by atoms with van der Waals surface area (Å²) in [5.41, 5.74) is 7.25. The van der Waals surface area contributed by atoms with Gasteiger partial charge in [-0.25, -0.2) is 0 Å². The molecule has 0 fully saturated rings. The van der Waals surface area contributed by atoms with Gasteiger partial charge in [0.25, 0.3) is 0 Å². The van der Waals surface area contributed by atoms with Crippen LogP contribution in [0.2, 0.25) is 5.02 Å². The van der Waals surface area contributed by atoms with Crippen LogP contribution in [0.5, 0.6) is 11.5 Å². The van der Waals surface area contributed by atoms with Crippen molar-refractivity contribution in [1.29, 1.82) is 0 Å². The summed E-state index contributed by atoms with van der Waals surface area (Å²) in [6.45, 7) is 2.17. The number of benzene rings is 2. The van der Waals surface area contributed by atoms with Gasteiger partial charge in [-0.15, -0.1) is 0 Å². The van der Waals surface area contributed by atoms with E-state index >= 15 is 0 Å². The molecule has 3 nitrogen and oxygen atoms in total. The fourth-order valence-electron chi connectivity index (χ4n) is 1.71. The third-order valence-electron chi connectivity index (χ3n) is 2.80. The maximum Gasteiger partial charge on any atom is 0.146 e. The molecule has 1 unspecified atom stereocenters. The second-order valence-electron chi connectivity index (χ2n) is 4.36. The highest BCUT2D eigenvalue weighted by Gasteiger charge is 2.06. The Morgan fingerprint density at radius 1 is 1.21 bits per heavy atom. The minimum absolute atomic E-state index is 0.198. The van der Waals surface area contributed by atoms with E-state index in [0.29, 0.717) is 16.5 Å². The molecule has 4 heteroatoms. The molecule has 0 saturated carbocycles.